The van der Waals surface area contributed by atoms with Crippen LogP contribution in [0.3, 0.4) is 0 Å². The molecule has 0 radical (unpaired) electrons. The number of ether oxygens (including phenoxy) is 2. The highest BCUT2D eigenvalue weighted by molar-refractivity contribution is 5.77. The van der Waals surface area contributed by atoms with E-state index in [1.54, 1.807) is 6.92 Å². The van der Waals surface area contributed by atoms with Crippen LogP contribution in [0.2, 0.25) is 0 Å². The Morgan fingerprint density at radius 3 is 2.72 bits per heavy atom. The molecule has 0 saturated heterocycles. The monoisotopic (exact) mass is 249 g/mol. The van der Waals surface area contributed by atoms with Crippen molar-refractivity contribution in [2.75, 3.05) is 33.4 Å². The minimum atomic E-state index is 0.194. The summed E-state index contributed by atoms with van der Waals surface area (Å²) in [7, 11) is 1.96. The van der Waals surface area contributed by atoms with Crippen molar-refractivity contribution in [1.82, 2.24) is 4.90 Å². The lowest BCUT2D eigenvalue weighted by atomic mass is 10.1. The van der Waals surface area contributed by atoms with E-state index in [9.17, 15) is 4.79 Å². The fourth-order valence-corrected chi connectivity index (χ4v) is 2.02. The number of ketones is 1. The van der Waals surface area contributed by atoms with Crippen LogP contribution in [0, 0.1) is 0 Å². The Bertz CT molecular complexity index is 431. The summed E-state index contributed by atoms with van der Waals surface area (Å²) in [6.07, 6.45) is 0.903. The van der Waals surface area contributed by atoms with Crippen LogP contribution in [-0.4, -0.2) is 44.0 Å². The third-order valence-corrected chi connectivity index (χ3v) is 2.88. The average Bonchev–Trinajstić information content (AvgIpc) is 2.35. The lowest BCUT2D eigenvalue weighted by molar-refractivity contribution is -0.117. The van der Waals surface area contributed by atoms with Gasteiger partial charge in [-0.2, -0.15) is 0 Å². The topological polar surface area (TPSA) is 38.8 Å². The first kappa shape index (κ1) is 12.9. The van der Waals surface area contributed by atoms with Crippen molar-refractivity contribution in [3.05, 3.63) is 23.8 Å². The number of nitrogens with zero attached hydrogens (tertiary/aromatic N) is 1. The van der Waals surface area contributed by atoms with Crippen LogP contribution in [-0.2, 0) is 11.2 Å². The summed E-state index contributed by atoms with van der Waals surface area (Å²) in [5, 5.41) is 0. The largest absolute Gasteiger partial charge is 0.486 e. The number of hydrogen-bond donors (Lipinski definition) is 0. The first-order chi connectivity index (χ1) is 8.65. The van der Waals surface area contributed by atoms with Crippen molar-refractivity contribution in [3.63, 3.8) is 0 Å². The van der Waals surface area contributed by atoms with Gasteiger partial charge in [-0.3, -0.25) is 9.69 Å². The number of Topliss-reactive ketones (excluding diaryl/α,β-unsaturated/α-hetero) is 1. The van der Waals surface area contributed by atoms with Gasteiger partial charge in [0.05, 0.1) is 6.54 Å². The van der Waals surface area contributed by atoms with Gasteiger partial charge in [0.25, 0.3) is 0 Å². The Hall–Kier alpha value is -1.55. The van der Waals surface area contributed by atoms with Gasteiger partial charge in [-0.15, -0.1) is 0 Å². The van der Waals surface area contributed by atoms with Crippen molar-refractivity contribution in [3.8, 4) is 11.5 Å². The molecule has 0 atom stereocenters. The van der Waals surface area contributed by atoms with E-state index in [-0.39, 0.29) is 5.78 Å². The Morgan fingerprint density at radius 2 is 2.00 bits per heavy atom. The van der Waals surface area contributed by atoms with E-state index in [0.29, 0.717) is 19.8 Å². The molecule has 98 valence electrons. The maximum absolute atomic E-state index is 11.0. The highest BCUT2D eigenvalue weighted by Gasteiger charge is 2.11. The molecule has 1 aromatic rings. The third-order valence-electron chi connectivity index (χ3n) is 2.88. The molecule has 0 amide bonds. The molecule has 1 aliphatic rings. The van der Waals surface area contributed by atoms with Gasteiger partial charge in [-0.1, -0.05) is 6.07 Å². The molecule has 4 heteroatoms. The van der Waals surface area contributed by atoms with Crippen LogP contribution in [0.15, 0.2) is 18.2 Å². The predicted molar refractivity (Wildman–Crippen MR) is 69.3 cm³/mol. The van der Waals surface area contributed by atoms with Gasteiger partial charge in [-0.05, 0) is 38.1 Å². The lowest BCUT2D eigenvalue weighted by Crippen LogP contribution is -2.26. The Labute approximate surface area is 107 Å². The van der Waals surface area contributed by atoms with Gasteiger partial charge in [0.1, 0.15) is 19.0 Å². The van der Waals surface area contributed by atoms with E-state index in [1.165, 1.54) is 5.56 Å². The van der Waals surface area contributed by atoms with Crippen molar-refractivity contribution < 1.29 is 14.3 Å². The molecule has 1 heterocycles. The zero-order valence-corrected chi connectivity index (χ0v) is 10.9. The number of rotatable bonds is 5. The maximum Gasteiger partial charge on any atom is 0.161 e. The normalized spacial score (nSPS) is 13.7. The van der Waals surface area contributed by atoms with Gasteiger partial charge in [0.15, 0.2) is 11.5 Å². The molecule has 1 aliphatic heterocycles. The second kappa shape index (κ2) is 5.87. The Morgan fingerprint density at radius 1 is 1.28 bits per heavy atom. The number of hydrogen-bond acceptors (Lipinski definition) is 4. The minimum Gasteiger partial charge on any atom is -0.486 e. The highest BCUT2D eigenvalue weighted by Crippen LogP contribution is 2.30. The van der Waals surface area contributed by atoms with Gasteiger partial charge < -0.3 is 9.47 Å². The molecule has 0 aromatic heterocycles. The molecule has 2 rings (SSSR count). The molecule has 4 nitrogen and oxygen atoms in total. The number of carbonyl (C=O) groups is 1. The van der Waals surface area contributed by atoms with Crippen molar-refractivity contribution in [1.29, 1.82) is 0 Å². The van der Waals surface area contributed by atoms with E-state index in [2.05, 4.69) is 6.07 Å². The van der Waals surface area contributed by atoms with Gasteiger partial charge in [0.2, 0.25) is 0 Å². The molecule has 0 aliphatic carbocycles. The molecule has 0 bridgehead atoms. The van der Waals surface area contributed by atoms with Gasteiger partial charge in [0, 0.05) is 6.54 Å². The van der Waals surface area contributed by atoms with Crippen molar-refractivity contribution in [2.45, 2.75) is 13.3 Å². The first-order valence-electron chi connectivity index (χ1n) is 6.21. The number of carbonyl (C=O) groups excluding carboxylic acids is 1. The summed E-state index contributed by atoms with van der Waals surface area (Å²) in [5.74, 6) is 1.84. The maximum atomic E-state index is 11.0. The van der Waals surface area contributed by atoms with Crippen LogP contribution in [0.5, 0.6) is 11.5 Å². The molecule has 0 saturated carbocycles. The minimum absolute atomic E-state index is 0.194. The number of fused-ring (bicyclic) bond motifs is 1. The van der Waals surface area contributed by atoms with Crippen LogP contribution in [0.4, 0.5) is 0 Å². The molecule has 0 spiro atoms. The zero-order valence-electron chi connectivity index (χ0n) is 10.9. The summed E-state index contributed by atoms with van der Waals surface area (Å²) >= 11 is 0. The fraction of sp³-hybridized carbons (Fsp3) is 0.500. The molecule has 0 N–H and O–H groups in total. The highest BCUT2D eigenvalue weighted by atomic mass is 16.6. The predicted octanol–water partition coefficient (Wildman–Crippen LogP) is 1.52. The Balaban J connectivity index is 1.91. The summed E-state index contributed by atoms with van der Waals surface area (Å²) < 4.78 is 11.0. The second-order valence-electron chi connectivity index (χ2n) is 4.67. The van der Waals surface area contributed by atoms with Crippen LogP contribution in [0.1, 0.15) is 12.5 Å². The molecule has 18 heavy (non-hydrogen) atoms. The SMILES string of the molecule is CC(=O)CN(C)CCc1ccc2c(c1)OCCO2. The quantitative estimate of drug-likeness (QED) is 0.793. The number of benzene rings is 1. The van der Waals surface area contributed by atoms with Crippen LogP contribution in [0.25, 0.3) is 0 Å². The summed E-state index contributed by atoms with van der Waals surface area (Å²) in [6.45, 7) is 4.21. The Kier molecular flexibility index (Phi) is 4.20. The van der Waals surface area contributed by atoms with E-state index in [4.69, 9.17) is 9.47 Å². The van der Waals surface area contributed by atoms with Gasteiger partial charge >= 0.3 is 0 Å². The van der Waals surface area contributed by atoms with Crippen LogP contribution < -0.4 is 9.47 Å². The van der Waals surface area contributed by atoms with Crippen molar-refractivity contribution in [2.24, 2.45) is 0 Å². The third kappa shape index (κ3) is 3.47. The second-order valence-corrected chi connectivity index (χ2v) is 4.67. The van der Waals surface area contributed by atoms with E-state index in [0.717, 1.165) is 24.5 Å². The molecular formula is C14H19NO3. The standard InChI is InChI=1S/C14H19NO3/c1-11(16)10-15(2)6-5-12-3-4-13-14(9-12)18-8-7-17-13/h3-4,9H,5-8,10H2,1-2H3. The zero-order chi connectivity index (χ0) is 13.0. The van der Waals surface area contributed by atoms with E-state index < -0.39 is 0 Å². The smallest absolute Gasteiger partial charge is 0.161 e. The molecule has 0 fully saturated rings. The van der Waals surface area contributed by atoms with E-state index in [1.807, 2.05) is 24.1 Å². The summed E-state index contributed by atoms with van der Waals surface area (Å²) in [4.78, 5) is 13.0. The van der Waals surface area contributed by atoms with Gasteiger partial charge in [-0.25, -0.2) is 0 Å². The lowest BCUT2D eigenvalue weighted by Gasteiger charge is -2.19. The fourth-order valence-electron chi connectivity index (χ4n) is 2.02. The summed E-state index contributed by atoms with van der Waals surface area (Å²) in [6, 6.07) is 6.03. The summed E-state index contributed by atoms with van der Waals surface area (Å²) in [5.41, 5.74) is 1.20. The number of likely N-dealkylation sites (N-methyl/N-ethyl adjacent to an activating group) is 1. The van der Waals surface area contributed by atoms with Crippen molar-refractivity contribution >= 4 is 5.78 Å². The van der Waals surface area contributed by atoms with E-state index >= 15 is 0 Å². The average molecular weight is 249 g/mol. The molecule has 0 unspecified atom stereocenters. The molecular weight excluding hydrogens is 230 g/mol. The first-order valence-corrected chi connectivity index (χ1v) is 6.21. The van der Waals surface area contributed by atoms with Crippen LogP contribution >= 0.6 is 0 Å². The molecule has 1 aromatic carbocycles.